The van der Waals surface area contributed by atoms with Crippen molar-refractivity contribution in [1.29, 1.82) is 0 Å². The fourth-order valence-corrected chi connectivity index (χ4v) is 3.93. The number of carbonyl (C=O) groups is 2. The molecule has 0 atom stereocenters. The Balaban J connectivity index is 0.000000454. The van der Waals surface area contributed by atoms with Crippen LogP contribution in [0, 0.1) is 11.6 Å². The second-order valence-electron chi connectivity index (χ2n) is 8.07. The molecule has 4 rings (SSSR count). The lowest BCUT2D eigenvalue weighted by Crippen LogP contribution is -2.41. The molecule has 36 heavy (non-hydrogen) atoms. The molecule has 0 saturated carbocycles. The van der Waals surface area contributed by atoms with E-state index in [1.807, 2.05) is 28.8 Å². The molecule has 1 saturated heterocycles. The maximum atomic E-state index is 13.7. The van der Waals surface area contributed by atoms with Crippen molar-refractivity contribution < 1.29 is 36.6 Å². The minimum atomic E-state index is -5.08. The Hall–Kier alpha value is -3.74. The summed E-state index contributed by atoms with van der Waals surface area (Å²) < 4.78 is 60.2. The minimum Gasteiger partial charge on any atom is -0.475 e. The Morgan fingerprint density at radius 1 is 1.08 bits per heavy atom. The van der Waals surface area contributed by atoms with Crippen LogP contribution in [0.5, 0.6) is 0 Å². The van der Waals surface area contributed by atoms with Crippen molar-refractivity contribution in [2.75, 3.05) is 26.2 Å². The molecular weight excluding hydrogens is 491 g/mol. The third-order valence-corrected chi connectivity index (χ3v) is 5.68. The average Bonchev–Trinajstić information content (AvgIpc) is 3.15. The second kappa shape index (κ2) is 11.3. The SMILES string of the molecule is O=C(NCCN1CCC(n2c(=O)[nH]c3ccccc32)CC1)c1ccc(F)cc1F.O=C(O)C(F)(F)F. The van der Waals surface area contributed by atoms with Crippen LogP contribution in [-0.2, 0) is 4.79 Å². The predicted molar refractivity (Wildman–Crippen MR) is 120 cm³/mol. The first-order valence-corrected chi connectivity index (χ1v) is 10.9. The van der Waals surface area contributed by atoms with Gasteiger partial charge in [-0.1, -0.05) is 12.1 Å². The van der Waals surface area contributed by atoms with Crippen LogP contribution >= 0.6 is 0 Å². The average molecular weight is 514 g/mol. The van der Waals surface area contributed by atoms with Gasteiger partial charge in [0.25, 0.3) is 5.91 Å². The van der Waals surface area contributed by atoms with Gasteiger partial charge in [-0.25, -0.2) is 18.4 Å². The number of carboxylic acid groups (broad SMARTS) is 1. The highest BCUT2D eigenvalue weighted by atomic mass is 19.4. The van der Waals surface area contributed by atoms with E-state index in [0.29, 0.717) is 19.2 Å². The standard InChI is InChI=1S/C21H22F2N4O2.C2HF3O2/c22-14-5-6-16(17(23)13-14)20(28)24-9-12-26-10-7-15(8-11-26)27-19-4-2-1-3-18(19)25-21(27)29;3-2(4,5)1(6)7/h1-6,13,15H,7-12H2,(H,24,28)(H,25,29);(H,6,7). The second-order valence-corrected chi connectivity index (χ2v) is 8.07. The molecule has 13 heteroatoms. The van der Waals surface area contributed by atoms with Gasteiger partial charge in [-0.3, -0.25) is 9.36 Å². The summed E-state index contributed by atoms with van der Waals surface area (Å²) in [7, 11) is 0. The first kappa shape index (κ1) is 26.9. The molecule has 0 radical (unpaired) electrons. The number of alkyl halides is 3. The van der Waals surface area contributed by atoms with Gasteiger partial charge in [0, 0.05) is 38.3 Å². The summed E-state index contributed by atoms with van der Waals surface area (Å²) in [5.41, 5.74) is 1.52. The van der Waals surface area contributed by atoms with Gasteiger partial charge in [0.05, 0.1) is 16.6 Å². The number of amides is 1. The summed E-state index contributed by atoms with van der Waals surface area (Å²) >= 11 is 0. The van der Waals surface area contributed by atoms with Crippen LogP contribution in [0.2, 0.25) is 0 Å². The van der Waals surface area contributed by atoms with Crippen LogP contribution in [0.3, 0.4) is 0 Å². The number of halogens is 5. The third-order valence-electron chi connectivity index (χ3n) is 5.68. The summed E-state index contributed by atoms with van der Waals surface area (Å²) in [6, 6.07) is 10.7. The molecule has 0 aliphatic carbocycles. The van der Waals surface area contributed by atoms with Crippen molar-refractivity contribution in [2.45, 2.75) is 25.1 Å². The molecule has 3 N–H and O–H groups in total. The van der Waals surface area contributed by atoms with Crippen LogP contribution in [0.15, 0.2) is 47.3 Å². The Morgan fingerprint density at radius 3 is 2.33 bits per heavy atom. The Morgan fingerprint density at radius 2 is 1.72 bits per heavy atom. The van der Waals surface area contributed by atoms with E-state index in [4.69, 9.17) is 9.90 Å². The Kier molecular flexibility index (Phi) is 8.45. The molecule has 1 aromatic heterocycles. The summed E-state index contributed by atoms with van der Waals surface area (Å²) in [6.07, 6.45) is -3.41. The van der Waals surface area contributed by atoms with Crippen LogP contribution in [0.1, 0.15) is 29.2 Å². The van der Waals surface area contributed by atoms with Gasteiger partial charge in [-0.05, 0) is 37.1 Å². The first-order valence-electron chi connectivity index (χ1n) is 10.9. The maximum absolute atomic E-state index is 13.7. The first-order chi connectivity index (χ1) is 17.0. The summed E-state index contributed by atoms with van der Waals surface area (Å²) in [5, 5.41) is 9.80. The molecule has 1 aliphatic rings. The number of nitrogens with zero attached hydrogens (tertiary/aromatic N) is 2. The number of rotatable bonds is 5. The fourth-order valence-electron chi connectivity index (χ4n) is 3.93. The summed E-state index contributed by atoms with van der Waals surface area (Å²) in [6.45, 7) is 2.60. The highest BCUT2D eigenvalue weighted by Gasteiger charge is 2.38. The number of nitrogens with one attached hydrogen (secondary N) is 2. The van der Waals surface area contributed by atoms with Crippen molar-refractivity contribution in [3.8, 4) is 0 Å². The molecule has 1 fully saturated rings. The van der Waals surface area contributed by atoms with Crippen LogP contribution in [0.4, 0.5) is 22.0 Å². The van der Waals surface area contributed by atoms with E-state index in [-0.39, 0.29) is 17.3 Å². The predicted octanol–water partition coefficient (Wildman–Crippen LogP) is 3.31. The molecule has 1 amide bonds. The van der Waals surface area contributed by atoms with Crippen molar-refractivity contribution in [1.82, 2.24) is 19.8 Å². The van der Waals surface area contributed by atoms with E-state index in [1.165, 1.54) is 0 Å². The van der Waals surface area contributed by atoms with Crippen molar-refractivity contribution in [3.05, 3.63) is 70.1 Å². The van der Waals surface area contributed by atoms with Crippen LogP contribution in [-0.4, -0.2) is 63.8 Å². The molecule has 0 bridgehead atoms. The highest BCUT2D eigenvalue weighted by Crippen LogP contribution is 2.24. The molecule has 194 valence electrons. The molecule has 1 aliphatic heterocycles. The minimum absolute atomic E-state index is 0.0850. The molecule has 2 aromatic carbocycles. The normalized spacial score (nSPS) is 14.8. The molecule has 3 aromatic rings. The smallest absolute Gasteiger partial charge is 0.475 e. The number of fused-ring (bicyclic) bond motifs is 1. The molecule has 8 nitrogen and oxygen atoms in total. The van der Waals surface area contributed by atoms with Gasteiger partial charge in [0.2, 0.25) is 0 Å². The number of carboxylic acids is 1. The number of piperidine rings is 1. The van der Waals surface area contributed by atoms with E-state index < -0.39 is 29.7 Å². The van der Waals surface area contributed by atoms with Crippen LogP contribution < -0.4 is 11.0 Å². The molecule has 0 unspecified atom stereocenters. The van der Waals surface area contributed by atoms with Crippen molar-refractivity contribution in [3.63, 3.8) is 0 Å². The van der Waals surface area contributed by atoms with Gasteiger partial charge in [0.1, 0.15) is 11.6 Å². The van der Waals surface area contributed by atoms with Gasteiger partial charge >= 0.3 is 17.8 Å². The zero-order valence-electron chi connectivity index (χ0n) is 18.8. The van der Waals surface area contributed by atoms with Gasteiger partial charge in [-0.15, -0.1) is 0 Å². The van der Waals surface area contributed by atoms with Crippen LogP contribution in [0.25, 0.3) is 11.0 Å². The molecule has 0 spiro atoms. The maximum Gasteiger partial charge on any atom is 0.490 e. The summed E-state index contributed by atoms with van der Waals surface area (Å²) in [5.74, 6) is -4.89. The van der Waals surface area contributed by atoms with Gasteiger partial charge < -0.3 is 20.3 Å². The van der Waals surface area contributed by atoms with E-state index in [1.54, 1.807) is 0 Å². The number of likely N-dealkylation sites (tertiary alicyclic amines) is 1. The summed E-state index contributed by atoms with van der Waals surface area (Å²) in [4.78, 5) is 38.4. The number of aromatic amines is 1. The monoisotopic (exact) mass is 514 g/mol. The number of hydrogen-bond donors (Lipinski definition) is 3. The lowest BCUT2D eigenvalue weighted by molar-refractivity contribution is -0.192. The van der Waals surface area contributed by atoms with E-state index >= 15 is 0 Å². The lowest BCUT2D eigenvalue weighted by Gasteiger charge is -2.32. The molecule has 2 heterocycles. The fraction of sp³-hybridized carbons (Fsp3) is 0.348. The number of carbonyl (C=O) groups excluding carboxylic acids is 1. The van der Waals surface area contributed by atoms with Crippen molar-refractivity contribution in [2.24, 2.45) is 0 Å². The number of aliphatic carboxylic acids is 1. The van der Waals surface area contributed by atoms with E-state index in [0.717, 1.165) is 49.1 Å². The number of para-hydroxylation sites is 2. The topological polar surface area (TPSA) is 107 Å². The van der Waals surface area contributed by atoms with E-state index in [2.05, 4.69) is 15.2 Å². The zero-order valence-corrected chi connectivity index (χ0v) is 18.8. The van der Waals surface area contributed by atoms with Gasteiger partial charge in [-0.2, -0.15) is 13.2 Å². The number of hydrogen-bond acceptors (Lipinski definition) is 4. The number of H-pyrrole nitrogens is 1. The zero-order chi connectivity index (χ0) is 26.5. The highest BCUT2D eigenvalue weighted by molar-refractivity contribution is 5.94. The lowest BCUT2D eigenvalue weighted by atomic mass is 10.0. The number of aromatic nitrogens is 2. The number of benzene rings is 2. The Bertz CT molecular complexity index is 1280. The van der Waals surface area contributed by atoms with Crippen molar-refractivity contribution >= 4 is 22.9 Å². The van der Waals surface area contributed by atoms with E-state index in [9.17, 15) is 31.5 Å². The van der Waals surface area contributed by atoms with Gasteiger partial charge in [0.15, 0.2) is 0 Å². The largest absolute Gasteiger partial charge is 0.490 e. The Labute approximate surface area is 201 Å². The number of imidazole rings is 1. The third kappa shape index (κ3) is 6.68. The quantitative estimate of drug-likeness (QED) is 0.453. The molecular formula is C23H23F5N4O4.